The van der Waals surface area contributed by atoms with Crippen LogP contribution < -0.4 is 5.73 Å². The van der Waals surface area contributed by atoms with E-state index in [0.717, 1.165) is 16.5 Å². The van der Waals surface area contributed by atoms with Gasteiger partial charge in [-0.2, -0.15) is 5.10 Å². The van der Waals surface area contributed by atoms with Crippen molar-refractivity contribution in [1.82, 2.24) is 9.78 Å². The lowest BCUT2D eigenvalue weighted by Crippen LogP contribution is -1.95. The first-order chi connectivity index (χ1) is 5.79. The summed E-state index contributed by atoms with van der Waals surface area (Å²) in [6.45, 7) is 0.576. The lowest BCUT2D eigenvalue weighted by Gasteiger charge is -1.93. The minimum atomic E-state index is 0. The van der Waals surface area contributed by atoms with Crippen LogP contribution in [0, 0.1) is 0 Å². The molecule has 0 radical (unpaired) electrons. The van der Waals surface area contributed by atoms with E-state index in [0.29, 0.717) is 6.54 Å². The van der Waals surface area contributed by atoms with Gasteiger partial charge in [0.15, 0.2) is 0 Å². The number of hydrogen-bond acceptors (Lipinski definition) is 2. The number of hydrogen-bond donors (Lipinski definition) is 1. The van der Waals surface area contributed by atoms with Crippen LogP contribution in [-0.4, -0.2) is 9.78 Å². The minimum absolute atomic E-state index is 0. The van der Waals surface area contributed by atoms with Crippen LogP contribution in [0.15, 0.2) is 24.4 Å². The minimum Gasteiger partial charge on any atom is -0.326 e. The topological polar surface area (TPSA) is 43.8 Å². The molecule has 1 heterocycles. The van der Waals surface area contributed by atoms with Crippen molar-refractivity contribution in [3.8, 4) is 0 Å². The molecule has 0 saturated heterocycles. The third-order valence-corrected chi connectivity index (χ3v) is 1.92. The van der Waals surface area contributed by atoms with E-state index in [1.807, 2.05) is 36.1 Å². The van der Waals surface area contributed by atoms with Crippen LogP contribution in [0.2, 0.25) is 0 Å². The van der Waals surface area contributed by atoms with Gasteiger partial charge in [0, 0.05) is 25.2 Å². The molecule has 0 fully saturated rings. The summed E-state index contributed by atoms with van der Waals surface area (Å²) >= 11 is 0. The van der Waals surface area contributed by atoms with E-state index in [1.54, 1.807) is 0 Å². The Bertz CT molecular complexity index is 408. The molecule has 0 aliphatic carbocycles. The quantitative estimate of drug-likeness (QED) is 0.752. The highest BCUT2D eigenvalue weighted by molar-refractivity contribution is 5.85. The standard InChI is InChI=1S/C9H11N3.ClH/c1-12-6-8-3-2-7(5-10)4-9(8)11-12;/h2-4,6H,5,10H2,1H3;1H. The molecule has 0 amide bonds. The molecule has 1 aromatic heterocycles. The van der Waals surface area contributed by atoms with Gasteiger partial charge in [0.1, 0.15) is 0 Å². The number of halogens is 1. The first-order valence-electron chi connectivity index (χ1n) is 3.92. The van der Waals surface area contributed by atoms with E-state index in [-0.39, 0.29) is 12.4 Å². The third kappa shape index (κ3) is 1.82. The van der Waals surface area contributed by atoms with Crippen LogP contribution >= 0.6 is 12.4 Å². The molecule has 0 saturated carbocycles. The Morgan fingerprint density at radius 1 is 1.46 bits per heavy atom. The van der Waals surface area contributed by atoms with Crippen LogP contribution in [0.5, 0.6) is 0 Å². The second-order valence-electron chi connectivity index (χ2n) is 2.90. The molecule has 70 valence electrons. The highest BCUT2D eigenvalue weighted by Crippen LogP contribution is 2.13. The maximum atomic E-state index is 5.51. The van der Waals surface area contributed by atoms with E-state index >= 15 is 0 Å². The zero-order valence-electron chi connectivity index (χ0n) is 7.40. The molecule has 2 N–H and O–H groups in total. The van der Waals surface area contributed by atoms with Crippen LogP contribution in [0.3, 0.4) is 0 Å². The van der Waals surface area contributed by atoms with E-state index in [2.05, 4.69) is 5.10 Å². The molecule has 4 heteroatoms. The van der Waals surface area contributed by atoms with Crippen molar-refractivity contribution in [2.75, 3.05) is 0 Å². The fourth-order valence-corrected chi connectivity index (χ4v) is 1.31. The Hall–Kier alpha value is -1.06. The van der Waals surface area contributed by atoms with Gasteiger partial charge in [0.25, 0.3) is 0 Å². The number of rotatable bonds is 1. The van der Waals surface area contributed by atoms with Crippen LogP contribution in [0.25, 0.3) is 10.9 Å². The van der Waals surface area contributed by atoms with Crippen molar-refractivity contribution in [1.29, 1.82) is 0 Å². The van der Waals surface area contributed by atoms with Crippen LogP contribution in [-0.2, 0) is 13.6 Å². The zero-order valence-corrected chi connectivity index (χ0v) is 8.21. The molecule has 2 aromatic rings. The number of aryl methyl sites for hydroxylation is 1. The second-order valence-corrected chi connectivity index (χ2v) is 2.90. The summed E-state index contributed by atoms with van der Waals surface area (Å²) in [7, 11) is 1.92. The average Bonchev–Trinajstić information content (AvgIpc) is 2.43. The Labute approximate surface area is 82.9 Å². The Kier molecular flexibility index (Phi) is 2.90. The van der Waals surface area contributed by atoms with Gasteiger partial charge in [-0.25, -0.2) is 0 Å². The van der Waals surface area contributed by atoms with Gasteiger partial charge in [0.2, 0.25) is 0 Å². The molecule has 13 heavy (non-hydrogen) atoms. The summed E-state index contributed by atoms with van der Waals surface area (Å²) < 4.78 is 1.81. The zero-order chi connectivity index (χ0) is 8.55. The molecular weight excluding hydrogens is 186 g/mol. The molecule has 3 nitrogen and oxygen atoms in total. The van der Waals surface area contributed by atoms with Gasteiger partial charge < -0.3 is 5.73 Å². The summed E-state index contributed by atoms with van der Waals surface area (Å²) in [6.07, 6.45) is 2.00. The van der Waals surface area contributed by atoms with Gasteiger partial charge in [-0.05, 0) is 11.6 Å². The highest BCUT2D eigenvalue weighted by atomic mass is 35.5. The lowest BCUT2D eigenvalue weighted by molar-refractivity contribution is 0.779. The predicted octanol–water partition coefficient (Wildman–Crippen LogP) is 1.45. The van der Waals surface area contributed by atoms with Crippen LogP contribution in [0.4, 0.5) is 0 Å². The maximum Gasteiger partial charge on any atom is 0.0926 e. The number of aromatic nitrogens is 2. The Morgan fingerprint density at radius 2 is 2.23 bits per heavy atom. The van der Waals surface area contributed by atoms with Gasteiger partial charge in [-0.3, -0.25) is 4.68 Å². The van der Waals surface area contributed by atoms with E-state index in [9.17, 15) is 0 Å². The van der Waals surface area contributed by atoms with Gasteiger partial charge in [0.05, 0.1) is 5.52 Å². The summed E-state index contributed by atoms with van der Waals surface area (Å²) in [4.78, 5) is 0. The monoisotopic (exact) mass is 197 g/mol. The lowest BCUT2D eigenvalue weighted by atomic mass is 10.2. The van der Waals surface area contributed by atoms with Crippen molar-refractivity contribution in [2.45, 2.75) is 6.54 Å². The largest absolute Gasteiger partial charge is 0.326 e. The van der Waals surface area contributed by atoms with Gasteiger partial charge in [-0.1, -0.05) is 12.1 Å². The molecule has 2 rings (SSSR count). The van der Waals surface area contributed by atoms with Crippen molar-refractivity contribution in [3.05, 3.63) is 30.0 Å². The van der Waals surface area contributed by atoms with Crippen molar-refractivity contribution < 1.29 is 0 Å². The molecular formula is C9H12ClN3. The maximum absolute atomic E-state index is 5.51. The van der Waals surface area contributed by atoms with E-state index in [1.165, 1.54) is 0 Å². The fraction of sp³-hybridized carbons (Fsp3) is 0.222. The number of benzene rings is 1. The fourth-order valence-electron chi connectivity index (χ4n) is 1.31. The first-order valence-corrected chi connectivity index (χ1v) is 3.92. The molecule has 0 aliphatic heterocycles. The van der Waals surface area contributed by atoms with Crippen LogP contribution in [0.1, 0.15) is 5.56 Å². The predicted molar refractivity (Wildman–Crippen MR) is 55.9 cm³/mol. The van der Waals surface area contributed by atoms with E-state index < -0.39 is 0 Å². The average molecular weight is 198 g/mol. The van der Waals surface area contributed by atoms with Gasteiger partial charge in [-0.15, -0.1) is 12.4 Å². The Balaban J connectivity index is 0.000000845. The molecule has 0 spiro atoms. The SMILES string of the molecule is Cl.Cn1cc2ccc(CN)cc2n1. The number of fused-ring (bicyclic) bond motifs is 1. The first kappa shape index (κ1) is 10.0. The Morgan fingerprint density at radius 3 is 2.92 bits per heavy atom. The van der Waals surface area contributed by atoms with Crippen molar-refractivity contribution in [3.63, 3.8) is 0 Å². The summed E-state index contributed by atoms with van der Waals surface area (Å²) in [5.41, 5.74) is 7.65. The molecule has 0 bridgehead atoms. The summed E-state index contributed by atoms with van der Waals surface area (Å²) in [5.74, 6) is 0. The molecule has 1 aromatic carbocycles. The van der Waals surface area contributed by atoms with E-state index in [4.69, 9.17) is 5.73 Å². The summed E-state index contributed by atoms with van der Waals surface area (Å²) in [5, 5.41) is 5.44. The normalized spacial score (nSPS) is 10.0. The molecule has 0 unspecified atom stereocenters. The number of nitrogens with zero attached hydrogens (tertiary/aromatic N) is 2. The van der Waals surface area contributed by atoms with Gasteiger partial charge >= 0.3 is 0 Å². The van der Waals surface area contributed by atoms with Crippen molar-refractivity contribution >= 4 is 23.3 Å². The third-order valence-electron chi connectivity index (χ3n) is 1.92. The highest BCUT2D eigenvalue weighted by Gasteiger charge is 1.97. The molecule has 0 atom stereocenters. The number of nitrogens with two attached hydrogens (primary N) is 1. The van der Waals surface area contributed by atoms with Crippen molar-refractivity contribution in [2.24, 2.45) is 12.8 Å². The summed E-state index contributed by atoms with van der Waals surface area (Å²) in [6, 6.07) is 6.10. The smallest absolute Gasteiger partial charge is 0.0926 e. The molecule has 0 aliphatic rings. The second kappa shape index (κ2) is 3.77.